The van der Waals surface area contributed by atoms with Crippen LogP contribution in [0.3, 0.4) is 0 Å². The maximum absolute atomic E-state index is 14.0. The Labute approximate surface area is 171 Å². The predicted molar refractivity (Wildman–Crippen MR) is 112 cm³/mol. The molecule has 0 unspecified atom stereocenters. The molecule has 1 aliphatic heterocycles. The summed E-state index contributed by atoms with van der Waals surface area (Å²) in [7, 11) is 0. The van der Waals surface area contributed by atoms with Gasteiger partial charge in [-0.3, -0.25) is 9.59 Å². The van der Waals surface area contributed by atoms with E-state index in [0.29, 0.717) is 51.4 Å². The third-order valence-electron chi connectivity index (χ3n) is 5.32. The van der Waals surface area contributed by atoms with Crippen LogP contribution in [-0.4, -0.2) is 54.3 Å². The zero-order valence-corrected chi connectivity index (χ0v) is 17.1. The van der Waals surface area contributed by atoms with E-state index >= 15 is 0 Å². The van der Waals surface area contributed by atoms with Crippen molar-refractivity contribution in [2.45, 2.75) is 26.8 Å². The molecule has 0 bridgehead atoms. The largest absolute Gasteiger partial charge is 0.366 e. The summed E-state index contributed by atoms with van der Waals surface area (Å²) in [5, 5.41) is 0. The van der Waals surface area contributed by atoms with E-state index in [4.69, 9.17) is 0 Å². The highest BCUT2D eigenvalue weighted by molar-refractivity contribution is 5.78. The molecule has 0 atom stereocenters. The fourth-order valence-electron chi connectivity index (χ4n) is 3.67. The van der Waals surface area contributed by atoms with Gasteiger partial charge in [0.15, 0.2) is 0 Å². The minimum atomic E-state index is -0.236. The highest BCUT2D eigenvalue weighted by atomic mass is 19.1. The molecule has 0 saturated carbocycles. The number of anilines is 1. The summed E-state index contributed by atoms with van der Waals surface area (Å²) >= 11 is 0. The highest BCUT2D eigenvalue weighted by Gasteiger charge is 2.23. The lowest BCUT2D eigenvalue weighted by Crippen LogP contribution is -2.49. The quantitative estimate of drug-likeness (QED) is 0.752. The van der Waals surface area contributed by atoms with Gasteiger partial charge in [0.05, 0.1) is 5.69 Å². The van der Waals surface area contributed by atoms with Crippen LogP contribution in [0.2, 0.25) is 0 Å². The Balaban J connectivity index is 1.51. The van der Waals surface area contributed by atoms with Gasteiger partial charge in [0, 0.05) is 52.6 Å². The zero-order chi connectivity index (χ0) is 20.8. The molecule has 0 radical (unpaired) electrons. The lowest BCUT2D eigenvalue weighted by molar-refractivity contribution is -0.134. The lowest BCUT2D eigenvalue weighted by atomic mass is 10.1. The molecule has 0 aliphatic carbocycles. The minimum absolute atomic E-state index is 0.0358. The van der Waals surface area contributed by atoms with Crippen LogP contribution in [-0.2, 0) is 16.1 Å². The Bertz CT molecular complexity index is 863. The van der Waals surface area contributed by atoms with Gasteiger partial charge in [-0.2, -0.15) is 0 Å². The van der Waals surface area contributed by atoms with Gasteiger partial charge in [0.2, 0.25) is 11.8 Å². The van der Waals surface area contributed by atoms with Gasteiger partial charge in [-0.15, -0.1) is 0 Å². The van der Waals surface area contributed by atoms with Gasteiger partial charge in [-0.05, 0) is 24.6 Å². The van der Waals surface area contributed by atoms with Crippen molar-refractivity contribution in [2.75, 3.05) is 37.6 Å². The van der Waals surface area contributed by atoms with Gasteiger partial charge in [0.25, 0.3) is 0 Å². The first kappa shape index (κ1) is 20.8. The number of carbonyl (C=O) groups excluding carboxylic acids is 2. The van der Waals surface area contributed by atoms with Crippen LogP contribution in [0.4, 0.5) is 10.1 Å². The topological polar surface area (TPSA) is 43.9 Å². The van der Waals surface area contributed by atoms with Crippen molar-refractivity contribution in [3.63, 3.8) is 0 Å². The Morgan fingerprint density at radius 1 is 1.03 bits per heavy atom. The van der Waals surface area contributed by atoms with Gasteiger partial charge >= 0.3 is 0 Å². The van der Waals surface area contributed by atoms with Crippen molar-refractivity contribution >= 4 is 17.5 Å². The first-order chi connectivity index (χ1) is 13.9. The predicted octanol–water partition coefficient (Wildman–Crippen LogP) is 3.22. The van der Waals surface area contributed by atoms with Crippen LogP contribution in [0.25, 0.3) is 0 Å². The van der Waals surface area contributed by atoms with Crippen LogP contribution >= 0.6 is 0 Å². The minimum Gasteiger partial charge on any atom is -0.366 e. The summed E-state index contributed by atoms with van der Waals surface area (Å²) in [6, 6.07) is 14.8. The van der Waals surface area contributed by atoms with Crippen molar-refractivity contribution in [1.82, 2.24) is 9.80 Å². The summed E-state index contributed by atoms with van der Waals surface area (Å²) in [5.74, 6) is -0.238. The average Bonchev–Trinajstić information content (AvgIpc) is 2.71. The second-order valence-electron chi connectivity index (χ2n) is 7.50. The fourth-order valence-corrected chi connectivity index (χ4v) is 3.67. The number of rotatable bonds is 6. The molecular formula is C23H28FN3O2. The first-order valence-electron chi connectivity index (χ1n) is 10.0. The molecule has 2 aromatic carbocycles. The van der Waals surface area contributed by atoms with Crippen LogP contribution in [0.1, 0.15) is 24.5 Å². The van der Waals surface area contributed by atoms with E-state index < -0.39 is 0 Å². The molecule has 1 aliphatic rings. The first-order valence-corrected chi connectivity index (χ1v) is 10.0. The Kier molecular flexibility index (Phi) is 6.86. The maximum atomic E-state index is 14.0. The lowest BCUT2D eigenvalue weighted by Gasteiger charge is -2.36. The van der Waals surface area contributed by atoms with Crippen LogP contribution < -0.4 is 4.90 Å². The van der Waals surface area contributed by atoms with E-state index in [0.717, 1.165) is 11.1 Å². The molecule has 154 valence electrons. The van der Waals surface area contributed by atoms with Gasteiger partial charge in [-0.1, -0.05) is 42.0 Å². The molecule has 29 heavy (non-hydrogen) atoms. The second-order valence-corrected chi connectivity index (χ2v) is 7.50. The van der Waals surface area contributed by atoms with Crippen LogP contribution in [0, 0.1) is 12.7 Å². The molecule has 0 aromatic heterocycles. The van der Waals surface area contributed by atoms with E-state index in [1.165, 1.54) is 13.0 Å². The zero-order valence-electron chi connectivity index (χ0n) is 17.1. The smallest absolute Gasteiger partial charge is 0.224 e. The number of para-hydroxylation sites is 1. The summed E-state index contributed by atoms with van der Waals surface area (Å²) in [4.78, 5) is 30.1. The van der Waals surface area contributed by atoms with E-state index in [-0.39, 0.29) is 17.6 Å². The van der Waals surface area contributed by atoms with Crippen LogP contribution in [0.15, 0.2) is 48.5 Å². The molecule has 5 nitrogen and oxygen atoms in total. The standard InChI is InChI=1S/C23H28FN3O2/c1-18-6-5-7-20(16-18)17-27(19(2)28)11-10-23(29)26-14-12-25(13-15-26)22-9-4-3-8-21(22)24/h3-9,16H,10-15,17H2,1-2H3. The number of hydrogen-bond acceptors (Lipinski definition) is 3. The highest BCUT2D eigenvalue weighted by Crippen LogP contribution is 2.20. The molecule has 6 heteroatoms. The van der Waals surface area contributed by atoms with Crippen molar-refractivity contribution in [3.05, 3.63) is 65.5 Å². The number of nitrogens with zero attached hydrogens (tertiary/aromatic N) is 3. The summed E-state index contributed by atoms with van der Waals surface area (Å²) in [6.07, 6.45) is 0.297. The molecule has 0 spiro atoms. The number of hydrogen-bond donors (Lipinski definition) is 0. The SMILES string of the molecule is CC(=O)N(CCC(=O)N1CCN(c2ccccc2F)CC1)Cc1cccc(C)c1. The average molecular weight is 397 g/mol. The summed E-state index contributed by atoms with van der Waals surface area (Å²) in [6.45, 7) is 6.79. The number of halogens is 1. The Hall–Kier alpha value is -2.89. The van der Waals surface area contributed by atoms with Crippen LogP contribution in [0.5, 0.6) is 0 Å². The fraction of sp³-hybridized carbons (Fsp3) is 0.391. The van der Waals surface area contributed by atoms with Gasteiger partial charge < -0.3 is 14.7 Å². The van der Waals surface area contributed by atoms with E-state index in [1.807, 2.05) is 41.0 Å². The number of aryl methyl sites for hydroxylation is 1. The maximum Gasteiger partial charge on any atom is 0.224 e. The third kappa shape index (κ3) is 5.56. The van der Waals surface area contributed by atoms with Crippen molar-refractivity contribution in [1.29, 1.82) is 0 Å². The Morgan fingerprint density at radius 3 is 2.41 bits per heavy atom. The molecule has 0 N–H and O–H groups in total. The van der Waals surface area contributed by atoms with E-state index in [9.17, 15) is 14.0 Å². The number of piperazine rings is 1. The second kappa shape index (κ2) is 9.54. The van der Waals surface area contributed by atoms with Crippen molar-refractivity contribution in [3.8, 4) is 0 Å². The van der Waals surface area contributed by atoms with E-state index in [1.54, 1.807) is 17.0 Å². The normalized spacial score (nSPS) is 14.0. The molecule has 2 aromatic rings. The number of benzene rings is 2. The van der Waals surface area contributed by atoms with E-state index in [2.05, 4.69) is 6.07 Å². The third-order valence-corrected chi connectivity index (χ3v) is 5.32. The molecule has 3 rings (SSSR count). The van der Waals surface area contributed by atoms with Gasteiger partial charge in [-0.25, -0.2) is 4.39 Å². The van der Waals surface area contributed by atoms with Gasteiger partial charge in [0.1, 0.15) is 5.82 Å². The van der Waals surface area contributed by atoms with Crippen molar-refractivity contribution in [2.24, 2.45) is 0 Å². The molecule has 1 heterocycles. The number of carbonyl (C=O) groups is 2. The monoisotopic (exact) mass is 397 g/mol. The molecule has 1 fully saturated rings. The van der Waals surface area contributed by atoms with Crippen molar-refractivity contribution < 1.29 is 14.0 Å². The molecule has 1 saturated heterocycles. The molecular weight excluding hydrogens is 369 g/mol. The number of amides is 2. The Morgan fingerprint density at radius 2 is 1.76 bits per heavy atom. The summed E-state index contributed by atoms with van der Waals surface area (Å²) < 4.78 is 14.0. The molecule has 2 amide bonds. The summed E-state index contributed by atoms with van der Waals surface area (Å²) in [5.41, 5.74) is 2.79.